The van der Waals surface area contributed by atoms with Gasteiger partial charge in [-0.15, -0.1) is 11.3 Å². The van der Waals surface area contributed by atoms with E-state index in [-0.39, 0.29) is 0 Å². The van der Waals surface area contributed by atoms with E-state index in [2.05, 4.69) is 15.9 Å². The van der Waals surface area contributed by atoms with Gasteiger partial charge in [0.2, 0.25) is 0 Å². The smallest absolute Gasteiger partial charge is 0.114 e. The first kappa shape index (κ1) is 16.0. The number of aliphatic imine (C=N–C) groups is 1. The SMILES string of the molecule is C[C@@]1(c2sc(Br)cc2Cl)CS(=O)C2(CCCCC2)C(N)=N1. The van der Waals surface area contributed by atoms with Gasteiger partial charge in [0, 0.05) is 10.8 Å². The lowest BCUT2D eigenvalue weighted by Gasteiger charge is -2.43. The monoisotopic (exact) mass is 408 g/mol. The summed E-state index contributed by atoms with van der Waals surface area (Å²) in [5.74, 6) is 1.07. The standard InChI is InChI=1S/C14H18BrClN2OS2/c1-13(11-9(16)7-10(15)20-11)8-21(19)14(12(17)18-13)5-3-2-4-6-14/h7H,2-6,8H2,1H3,(H2,17,18)/t13-,21?/m0/s1. The highest BCUT2D eigenvalue weighted by Crippen LogP contribution is 2.46. The molecule has 0 radical (unpaired) electrons. The van der Waals surface area contributed by atoms with Gasteiger partial charge in [-0.25, -0.2) is 0 Å². The van der Waals surface area contributed by atoms with Crippen LogP contribution in [0.5, 0.6) is 0 Å². The minimum absolute atomic E-state index is 0.390. The van der Waals surface area contributed by atoms with Gasteiger partial charge >= 0.3 is 0 Å². The fourth-order valence-corrected chi connectivity index (χ4v) is 7.66. The summed E-state index contributed by atoms with van der Waals surface area (Å²) in [6.45, 7) is 1.98. The van der Waals surface area contributed by atoms with Crippen LogP contribution >= 0.6 is 38.9 Å². The number of rotatable bonds is 1. The van der Waals surface area contributed by atoms with E-state index in [0.717, 1.165) is 34.3 Å². The van der Waals surface area contributed by atoms with Gasteiger partial charge in [0.25, 0.3) is 0 Å². The van der Waals surface area contributed by atoms with E-state index in [1.165, 1.54) is 6.42 Å². The molecule has 1 saturated carbocycles. The van der Waals surface area contributed by atoms with Gasteiger partial charge in [-0.05, 0) is 41.8 Å². The van der Waals surface area contributed by atoms with E-state index in [9.17, 15) is 4.21 Å². The van der Waals surface area contributed by atoms with E-state index < -0.39 is 21.1 Å². The van der Waals surface area contributed by atoms with Crippen molar-refractivity contribution in [2.75, 3.05) is 5.75 Å². The molecule has 2 atom stereocenters. The Bertz CT molecular complexity index is 624. The van der Waals surface area contributed by atoms with Gasteiger partial charge in [-0.2, -0.15) is 0 Å². The van der Waals surface area contributed by atoms with Crippen LogP contribution in [0, 0.1) is 0 Å². The minimum Gasteiger partial charge on any atom is -0.386 e. The molecule has 2 heterocycles. The quantitative estimate of drug-likeness (QED) is 0.755. The molecule has 21 heavy (non-hydrogen) atoms. The molecule has 3 nitrogen and oxygen atoms in total. The summed E-state index contributed by atoms with van der Waals surface area (Å²) in [7, 11) is -1.01. The average molecular weight is 410 g/mol. The van der Waals surface area contributed by atoms with Gasteiger partial charge in [0.05, 0.1) is 19.4 Å². The summed E-state index contributed by atoms with van der Waals surface area (Å²) in [4.78, 5) is 5.74. The second kappa shape index (κ2) is 5.62. The molecule has 0 bridgehead atoms. The number of nitrogens with zero attached hydrogens (tertiary/aromatic N) is 1. The van der Waals surface area contributed by atoms with Crippen LogP contribution in [0.1, 0.15) is 43.9 Å². The second-order valence-electron chi connectivity index (χ2n) is 6.04. The zero-order chi connectivity index (χ0) is 15.3. The predicted octanol–water partition coefficient (Wildman–Crippen LogP) is 4.20. The Kier molecular flexibility index (Phi) is 4.27. The summed E-state index contributed by atoms with van der Waals surface area (Å²) in [5.41, 5.74) is 5.73. The summed E-state index contributed by atoms with van der Waals surface area (Å²) in [5, 5.41) is 0.669. The van der Waals surface area contributed by atoms with Gasteiger partial charge in [0.1, 0.15) is 16.1 Å². The molecule has 2 N–H and O–H groups in total. The lowest BCUT2D eigenvalue weighted by molar-refractivity contribution is 0.435. The van der Waals surface area contributed by atoms with Crippen LogP contribution in [0.4, 0.5) is 0 Å². The van der Waals surface area contributed by atoms with Crippen LogP contribution in [0.2, 0.25) is 5.02 Å². The largest absolute Gasteiger partial charge is 0.386 e. The molecule has 1 aromatic rings. The van der Waals surface area contributed by atoms with Crippen LogP contribution in [0.25, 0.3) is 0 Å². The first-order valence-corrected chi connectivity index (χ1v) is 10.4. The molecule has 1 fully saturated rings. The molecular weight excluding hydrogens is 392 g/mol. The fourth-order valence-electron chi connectivity index (χ4n) is 3.34. The van der Waals surface area contributed by atoms with E-state index in [0.29, 0.717) is 16.6 Å². The Morgan fingerprint density at radius 2 is 2.10 bits per heavy atom. The van der Waals surface area contributed by atoms with E-state index in [4.69, 9.17) is 22.3 Å². The highest BCUT2D eigenvalue weighted by atomic mass is 79.9. The van der Waals surface area contributed by atoms with Crippen LogP contribution < -0.4 is 5.73 Å². The van der Waals surface area contributed by atoms with E-state index in [1.54, 1.807) is 11.3 Å². The topological polar surface area (TPSA) is 55.5 Å². The summed E-state index contributed by atoms with van der Waals surface area (Å²) >= 11 is 11.3. The van der Waals surface area contributed by atoms with Crippen molar-refractivity contribution in [3.63, 3.8) is 0 Å². The first-order valence-electron chi connectivity index (χ1n) is 7.07. The lowest BCUT2D eigenvalue weighted by atomic mass is 9.86. The number of nitrogens with two attached hydrogens (primary N) is 1. The van der Waals surface area contributed by atoms with Crippen molar-refractivity contribution in [3.05, 3.63) is 19.8 Å². The van der Waals surface area contributed by atoms with Crippen molar-refractivity contribution >= 4 is 55.5 Å². The third-order valence-corrected chi connectivity index (χ3v) is 9.10. The molecule has 0 aromatic carbocycles. The Hall–Kier alpha value is 0.0900. The van der Waals surface area contributed by atoms with Crippen molar-refractivity contribution in [1.82, 2.24) is 0 Å². The number of amidine groups is 1. The van der Waals surface area contributed by atoms with Crippen molar-refractivity contribution in [3.8, 4) is 0 Å². The number of halogens is 2. The molecule has 0 amide bonds. The third kappa shape index (κ3) is 2.62. The van der Waals surface area contributed by atoms with Crippen molar-refractivity contribution in [2.45, 2.75) is 49.3 Å². The summed E-state index contributed by atoms with van der Waals surface area (Å²) in [6, 6.07) is 1.87. The van der Waals surface area contributed by atoms with E-state index >= 15 is 0 Å². The maximum atomic E-state index is 13.0. The van der Waals surface area contributed by atoms with Gasteiger partial charge in [0.15, 0.2) is 0 Å². The maximum absolute atomic E-state index is 13.0. The average Bonchev–Trinajstić information content (AvgIpc) is 2.77. The molecule has 0 saturated heterocycles. The molecule has 2 aliphatic rings. The predicted molar refractivity (Wildman–Crippen MR) is 94.8 cm³/mol. The second-order valence-corrected chi connectivity index (χ2v) is 10.6. The Morgan fingerprint density at radius 3 is 2.62 bits per heavy atom. The third-order valence-electron chi connectivity index (χ3n) is 4.49. The number of hydrogen-bond acceptors (Lipinski definition) is 4. The van der Waals surface area contributed by atoms with Crippen LogP contribution in [0.3, 0.4) is 0 Å². The molecule has 1 aliphatic carbocycles. The number of thiophene rings is 1. The normalized spacial score (nSPS) is 32.1. The molecule has 7 heteroatoms. The van der Waals surface area contributed by atoms with Crippen LogP contribution in [-0.4, -0.2) is 20.5 Å². The Labute approximate surface area is 144 Å². The van der Waals surface area contributed by atoms with Gasteiger partial charge in [-0.3, -0.25) is 9.20 Å². The highest BCUT2D eigenvalue weighted by molar-refractivity contribution is 9.11. The minimum atomic E-state index is -1.01. The van der Waals surface area contributed by atoms with Gasteiger partial charge in [-0.1, -0.05) is 30.9 Å². The molecule has 1 spiro atoms. The summed E-state index contributed by atoms with van der Waals surface area (Å²) in [6.07, 6.45) is 5.17. The molecular formula is C14H18BrClN2OS2. The van der Waals surface area contributed by atoms with Crippen LogP contribution in [-0.2, 0) is 16.3 Å². The summed E-state index contributed by atoms with van der Waals surface area (Å²) < 4.78 is 13.6. The Balaban J connectivity index is 2.04. The maximum Gasteiger partial charge on any atom is 0.114 e. The molecule has 3 rings (SSSR count). The number of hydrogen-bond donors (Lipinski definition) is 1. The van der Waals surface area contributed by atoms with Crippen molar-refractivity contribution in [1.29, 1.82) is 0 Å². The zero-order valence-corrected chi connectivity index (χ0v) is 15.8. The van der Waals surface area contributed by atoms with E-state index in [1.807, 2.05) is 13.0 Å². The Morgan fingerprint density at radius 1 is 1.43 bits per heavy atom. The first-order chi connectivity index (χ1) is 9.87. The molecule has 1 unspecified atom stereocenters. The highest BCUT2D eigenvalue weighted by Gasteiger charge is 2.50. The van der Waals surface area contributed by atoms with Crippen molar-refractivity contribution < 1.29 is 4.21 Å². The fraction of sp³-hybridized carbons (Fsp3) is 0.643. The lowest BCUT2D eigenvalue weighted by Crippen LogP contribution is -2.56. The molecule has 1 aromatic heterocycles. The van der Waals surface area contributed by atoms with Gasteiger partial charge < -0.3 is 5.73 Å². The van der Waals surface area contributed by atoms with Crippen LogP contribution in [0.15, 0.2) is 14.8 Å². The molecule has 116 valence electrons. The molecule has 1 aliphatic heterocycles. The van der Waals surface area contributed by atoms with Crippen molar-refractivity contribution in [2.24, 2.45) is 10.7 Å². The zero-order valence-electron chi connectivity index (χ0n) is 11.8.